The fourth-order valence-electron chi connectivity index (χ4n) is 1.92. The number of hydrogen-bond acceptors (Lipinski definition) is 3. The van der Waals surface area contributed by atoms with E-state index in [1.807, 2.05) is 24.3 Å². The van der Waals surface area contributed by atoms with Crippen molar-refractivity contribution in [3.63, 3.8) is 0 Å². The molecule has 2 aromatic rings. The molecule has 0 atom stereocenters. The Kier molecular flexibility index (Phi) is 5.46. The molecule has 1 N–H and O–H groups in total. The van der Waals surface area contributed by atoms with Crippen LogP contribution in [-0.4, -0.2) is 24.1 Å². The number of ether oxygens (including phenoxy) is 1. The van der Waals surface area contributed by atoms with E-state index in [0.717, 1.165) is 5.56 Å². The Morgan fingerprint density at radius 1 is 1.05 bits per heavy atom. The van der Waals surface area contributed by atoms with Crippen molar-refractivity contribution >= 4 is 5.78 Å². The van der Waals surface area contributed by atoms with Gasteiger partial charge < -0.3 is 9.84 Å². The van der Waals surface area contributed by atoms with Gasteiger partial charge in [0.2, 0.25) is 0 Å². The average Bonchev–Trinajstić information content (AvgIpc) is 2.50. The Labute approximate surface area is 123 Å². The zero-order chi connectivity index (χ0) is 15.1. The Morgan fingerprint density at radius 2 is 1.71 bits per heavy atom. The second kappa shape index (κ2) is 7.55. The normalized spacial score (nSPS) is 10.4. The zero-order valence-electron chi connectivity index (χ0n) is 11.6. The zero-order valence-corrected chi connectivity index (χ0v) is 11.6. The van der Waals surface area contributed by atoms with E-state index in [4.69, 9.17) is 9.84 Å². The first-order chi connectivity index (χ1) is 10.2. The molecule has 0 spiro atoms. The molecule has 0 aliphatic rings. The van der Waals surface area contributed by atoms with Gasteiger partial charge in [0.05, 0.1) is 6.61 Å². The fourth-order valence-corrected chi connectivity index (χ4v) is 1.92. The van der Waals surface area contributed by atoms with Crippen LogP contribution in [0.1, 0.15) is 22.3 Å². The highest BCUT2D eigenvalue weighted by atomic mass is 19.1. The molecule has 0 unspecified atom stereocenters. The molecular formula is C17H17FO3. The minimum Gasteiger partial charge on any atom is -0.493 e. The Morgan fingerprint density at radius 3 is 2.33 bits per heavy atom. The number of carbonyl (C=O) groups excluding carboxylic acids is 1. The Hall–Kier alpha value is -2.20. The van der Waals surface area contributed by atoms with Gasteiger partial charge in [-0.1, -0.05) is 12.1 Å². The summed E-state index contributed by atoms with van der Waals surface area (Å²) in [5.41, 5.74) is 1.52. The highest BCUT2D eigenvalue weighted by Gasteiger charge is 2.06. The molecule has 110 valence electrons. The lowest BCUT2D eigenvalue weighted by molar-refractivity contribution is 0.0962. The molecule has 0 heterocycles. The van der Waals surface area contributed by atoms with Crippen LogP contribution in [0.2, 0.25) is 0 Å². The Bertz CT molecular complexity index is 576. The van der Waals surface area contributed by atoms with Crippen LogP contribution in [0.5, 0.6) is 5.75 Å². The summed E-state index contributed by atoms with van der Waals surface area (Å²) in [6.45, 7) is 0.391. The van der Waals surface area contributed by atoms with Crippen molar-refractivity contribution in [3.05, 3.63) is 65.5 Å². The maximum absolute atomic E-state index is 12.8. The number of hydrogen-bond donors (Lipinski definition) is 1. The van der Waals surface area contributed by atoms with Crippen molar-refractivity contribution in [2.24, 2.45) is 0 Å². The van der Waals surface area contributed by atoms with Crippen molar-refractivity contribution in [3.8, 4) is 5.75 Å². The quantitative estimate of drug-likeness (QED) is 0.797. The van der Waals surface area contributed by atoms with Gasteiger partial charge in [-0.3, -0.25) is 4.79 Å². The van der Waals surface area contributed by atoms with Crippen LogP contribution < -0.4 is 4.74 Å². The minimum absolute atomic E-state index is 0.0769. The number of Topliss-reactive ketones (excluding diaryl/α,β-unsaturated/α-hetero) is 1. The van der Waals surface area contributed by atoms with Crippen molar-refractivity contribution in [1.82, 2.24) is 0 Å². The summed E-state index contributed by atoms with van der Waals surface area (Å²) in [6.07, 6.45) is 0.855. The summed E-state index contributed by atoms with van der Waals surface area (Å²) >= 11 is 0. The fraction of sp³-hybridized carbons (Fsp3) is 0.235. The number of rotatable bonds is 7. The summed E-state index contributed by atoms with van der Waals surface area (Å²) < 4.78 is 18.3. The third-order valence-electron chi connectivity index (χ3n) is 3.09. The van der Waals surface area contributed by atoms with Crippen molar-refractivity contribution in [2.45, 2.75) is 12.8 Å². The molecular weight excluding hydrogens is 271 g/mol. The van der Waals surface area contributed by atoms with Crippen LogP contribution in [0.25, 0.3) is 0 Å². The van der Waals surface area contributed by atoms with Gasteiger partial charge in [0, 0.05) is 18.6 Å². The van der Waals surface area contributed by atoms with Crippen LogP contribution >= 0.6 is 0 Å². The van der Waals surface area contributed by atoms with Crippen LogP contribution in [0.3, 0.4) is 0 Å². The van der Waals surface area contributed by atoms with E-state index in [-0.39, 0.29) is 31.2 Å². The third-order valence-corrected chi connectivity index (χ3v) is 3.09. The number of aliphatic hydroxyl groups excluding tert-OH is 1. The van der Waals surface area contributed by atoms with E-state index in [9.17, 15) is 9.18 Å². The molecule has 0 amide bonds. The van der Waals surface area contributed by atoms with Gasteiger partial charge in [0.15, 0.2) is 5.78 Å². The minimum atomic E-state index is -0.356. The number of ketones is 1. The molecule has 0 aliphatic carbocycles. The van der Waals surface area contributed by atoms with Crippen molar-refractivity contribution in [1.29, 1.82) is 0 Å². The molecule has 2 rings (SSSR count). The van der Waals surface area contributed by atoms with Gasteiger partial charge in [0.1, 0.15) is 11.6 Å². The van der Waals surface area contributed by atoms with Gasteiger partial charge in [-0.2, -0.15) is 0 Å². The van der Waals surface area contributed by atoms with E-state index >= 15 is 0 Å². The predicted octanol–water partition coefficient (Wildman–Crippen LogP) is 3.01. The van der Waals surface area contributed by atoms with E-state index in [1.54, 1.807) is 0 Å². The molecule has 0 aromatic heterocycles. The van der Waals surface area contributed by atoms with Gasteiger partial charge >= 0.3 is 0 Å². The average molecular weight is 288 g/mol. The predicted molar refractivity (Wildman–Crippen MR) is 78.1 cm³/mol. The van der Waals surface area contributed by atoms with Gasteiger partial charge in [0.25, 0.3) is 0 Å². The highest BCUT2D eigenvalue weighted by Crippen LogP contribution is 2.13. The van der Waals surface area contributed by atoms with E-state index in [0.29, 0.717) is 17.7 Å². The van der Waals surface area contributed by atoms with Crippen LogP contribution in [0.15, 0.2) is 48.5 Å². The van der Waals surface area contributed by atoms with E-state index in [2.05, 4.69) is 0 Å². The molecule has 0 radical (unpaired) electrons. The standard InChI is InChI=1S/C17H17FO3/c18-15-5-3-14(4-6-15)17(20)10-12-21-16-7-1-13(2-8-16)9-11-19/h1-8,19H,9-12H2. The third kappa shape index (κ3) is 4.68. The van der Waals surface area contributed by atoms with Crippen LogP contribution in [0.4, 0.5) is 4.39 Å². The lowest BCUT2D eigenvalue weighted by Gasteiger charge is -2.07. The number of halogens is 1. The molecule has 0 saturated carbocycles. The molecule has 4 heteroatoms. The molecule has 3 nitrogen and oxygen atoms in total. The van der Waals surface area contributed by atoms with Crippen molar-refractivity contribution < 1.29 is 19.0 Å². The first-order valence-electron chi connectivity index (χ1n) is 6.80. The maximum Gasteiger partial charge on any atom is 0.166 e. The second-order valence-electron chi connectivity index (χ2n) is 4.65. The van der Waals surface area contributed by atoms with Gasteiger partial charge in [-0.05, 0) is 48.4 Å². The van der Waals surface area contributed by atoms with Crippen molar-refractivity contribution in [2.75, 3.05) is 13.2 Å². The molecule has 0 bridgehead atoms. The van der Waals surface area contributed by atoms with E-state index < -0.39 is 0 Å². The Balaban J connectivity index is 1.80. The SMILES string of the molecule is O=C(CCOc1ccc(CCO)cc1)c1ccc(F)cc1. The molecule has 0 fully saturated rings. The summed E-state index contributed by atoms with van der Waals surface area (Å²) in [4.78, 5) is 11.9. The molecule has 2 aromatic carbocycles. The van der Waals surface area contributed by atoms with E-state index in [1.165, 1.54) is 24.3 Å². The number of benzene rings is 2. The summed E-state index contributed by atoms with van der Waals surface area (Å²) in [5, 5.41) is 8.82. The summed E-state index contributed by atoms with van der Waals surface area (Å²) in [7, 11) is 0. The van der Waals surface area contributed by atoms with Gasteiger partial charge in [-0.15, -0.1) is 0 Å². The smallest absolute Gasteiger partial charge is 0.166 e. The number of carbonyl (C=O) groups is 1. The number of aliphatic hydroxyl groups is 1. The summed E-state index contributed by atoms with van der Waals surface area (Å²) in [6, 6.07) is 12.9. The molecule has 0 aliphatic heterocycles. The first kappa shape index (κ1) is 15.2. The largest absolute Gasteiger partial charge is 0.493 e. The molecule has 21 heavy (non-hydrogen) atoms. The highest BCUT2D eigenvalue weighted by molar-refractivity contribution is 5.96. The lowest BCUT2D eigenvalue weighted by atomic mass is 10.1. The maximum atomic E-state index is 12.8. The monoisotopic (exact) mass is 288 g/mol. The topological polar surface area (TPSA) is 46.5 Å². The van der Waals surface area contributed by atoms with Crippen LogP contribution in [0, 0.1) is 5.82 Å². The second-order valence-corrected chi connectivity index (χ2v) is 4.65. The van der Waals surface area contributed by atoms with Crippen LogP contribution in [-0.2, 0) is 6.42 Å². The first-order valence-corrected chi connectivity index (χ1v) is 6.80. The molecule has 0 saturated heterocycles. The van der Waals surface area contributed by atoms with Gasteiger partial charge in [-0.25, -0.2) is 4.39 Å². The lowest BCUT2D eigenvalue weighted by Crippen LogP contribution is -2.06. The summed E-state index contributed by atoms with van der Waals surface area (Å²) in [5.74, 6) is 0.251.